The lowest BCUT2D eigenvalue weighted by atomic mass is 10.2. The third-order valence-electron chi connectivity index (χ3n) is 3.23. The second kappa shape index (κ2) is 5.01. The molecule has 3 aromatic rings. The van der Waals surface area contributed by atoms with E-state index in [4.69, 9.17) is 10.5 Å². The average Bonchev–Trinajstić information content (AvgIpc) is 2.45. The summed E-state index contributed by atoms with van der Waals surface area (Å²) in [5.41, 5.74) is 8.88. The van der Waals surface area contributed by atoms with Crippen LogP contribution >= 0.6 is 0 Å². The highest BCUT2D eigenvalue weighted by Crippen LogP contribution is 2.29. The summed E-state index contributed by atoms with van der Waals surface area (Å²) < 4.78 is 19.5. The maximum Gasteiger partial charge on any atom is 0.241 e. The van der Waals surface area contributed by atoms with E-state index in [1.54, 1.807) is 19.9 Å². The predicted octanol–water partition coefficient (Wildman–Crippen LogP) is 3.76. The van der Waals surface area contributed by atoms with Gasteiger partial charge in [0.1, 0.15) is 5.69 Å². The van der Waals surface area contributed by atoms with Crippen LogP contribution in [-0.4, -0.2) is 9.97 Å². The fraction of sp³-hybridized carbons (Fsp3) is 0.125. The van der Waals surface area contributed by atoms with E-state index in [1.807, 2.05) is 24.3 Å². The summed E-state index contributed by atoms with van der Waals surface area (Å²) in [6.07, 6.45) is 0. The quantitative estimate of drug-likeness (QED) is 0.727. The molecule has 0 aliphatic carbocycles. The third-order valence-corrected chi connectivity index (χ3v) is 3.23. The zero-order valence-electron chi connectivity index (χ0n) is 11.7. The number of aryl methyl sites for hydroxylation is 2. The second-order valence-corrected chi connectivity index (χ2v) is 4.84. The van der Waals surface area contributed by atoms with Crippen molar-refractivity contribution in [2.45, 2.75) is 13.8 Å². The zero-order valence-corrected chi connectivity index (χ0v) is 11.7. The normalized spacial score (nSPS) is 10.8. The van der Waals surface area contributed by atoms with Gasteiger partial charge >= 0.3 is 0 Å². The maximum atomic E-state index is 13.9. The maximum absolute atomic E-state index is 13.9. The number of aromatic nitrogens is 2. The summed E-state index contributed by atoms with van der Waals surface area (Å²) in [7, 11) is 0. The van der Waals surface area contributed by atoms with Crippen LogP contribution in [0.4, 0.5) is 10.1 Å². The highest BCUT2D eigenvalue weighted by molar-refractivity contribution is 5.74. The Bertz CT molecular complexity index is 833. The van der Waals surface area contributed by atoms with Gasteiger partial charge in [0.2, 0.25) is 5.88 Å². The molecular weight excluding hydrogens is 269 g/mol. The van der Waals surface area contributed by atoms with Gasteiger partial charge in [-0.25, -0.2) is 14.4 Å². The molecule has 0 fully saturated rings. The molecule has 21 heavy (non-hydrogen) atoms. The molecule has 0 radical (unpaired) electrons. The number of halogens is 1. The molecule has 4 nitrogen and oxygen atoms in total. The van der Waals surface area contributed by atoms with Crippen LogP contribution in [0.25, 0.3) is 11.0 Å². The number of benzene rings is 2. The minimum atomic E-state index is -0.521. The summed E-state index contributed by atoms with van der Waals surface area (Å²) in [6.45, 7) is 3.57. The fourth-order valence-electron chi connectivity index (χ4n) is 2.02. The summed E-state index contributed by atoms with van der Waals surface area (Å²) in [4.78, 5) is 8.79. The fourth-order valence-corrected chi connectivity index (χ4v) is 2.02. The van der Waals surface area contributed by atoms with Gasteiger partial charge in [0.15, 0.2) is 11.6 Å². The van der Waals surface area contributed by atoms with E-state index in [0.717, 1.165) is 11.1 Å². The SMILES string of the molecule is Cc1cc(Oc2nc3ccccc3nc2C)c(F)cc1N. The number of fused-ring (bicyclic) bond motifs is 1. The number of rotatable bonds is 2. The number of hydrogen-bond donors (Lipinski definition) is 1. The number of para-hydroxylation sites is 2. The van der Waals surface area contributed by atoms with Crippen molar-refractivity contribution in [3.05, 3.63) is 53.5 Å². The number of nitrogens with two attached hydrogens (primary N) is 1. The van der Waals surface area contributed by atoms with E-state index < -0.39 is 5.82 Å². The van der Waals surface area contributed by atoms with E-state index in [2.05, 4.69) is 9.97 Å². The largest absolute Gasteiger partial charge is 0.434 e. The molecule has 0 saturated heterocycles. The van der Waals surface area contributed by atoms with Crippen LogP contribution in [0.15, 0.2) is 36.4 Å². The highest BCUT2D eigenvalue weighted by atomic mass is 19.1. The van der Waals surface area contributed by atoms with Crippen LogP contribution in [0.3, 0.4) is 0 Å². The van der Waals surface area contributed by atoms with Crippen LogP contribution in [0.1, 0.15) is 11.3 Å². The molecule has 0 spiro atoms. The van der Waals surface area contributed by atoms with Crippen molar-refractivity contribution in [2.24, 2.45) is 0 Å². The van der Waals surface area contributed by atoms with E-state index in [0.29, 0.717) is 16.9 Å². The van der Waals surface area contributed by atoms with Gasteiger partial charge in [-0.05, 0) is 37.6 Å². The molecule has 0 unspecified atom stereocenters. The van der Waals surface area contributed by atoms with Crippen molar-refractivity contribution in [1.29, 1.82) is 0 Å². The smallest absolute Gasteiger partial charge is 0.241 e. The monoisotopic (exact) mass is 283 g/mol. The number of nitrogen functional groups attached to an aromatic ring is 1. The second-order valence-electron chi connectivity index (χ2n) is 4.84. The van der Waals surface area contributed by atoms with Gasteiger partial charge in [-0.15, -0.1) is 0 Å². The van der Waals surface area contributed by atoms with Crippen LogP contribution in [0.5, 0.6) is 11.6 Å². The van der Waals surface area contributed by atoms with Gasteiger partial charge in [-0.3, -0.25) is 0 Å². The predicted molar refractivity (Wildman–Crippen MR) is 79.9 cm³/mol. The summed E-state index contributed by atoms with van der Waals surface area (Å²) in [5.74, 6) is -0.140. The molecule has 5 heteroatoms. The number of anilines is 1. The molecule has 2 N–H and O–H groups in total. The van der Waals surface area contributed by atoms with Crippen LogP contribution in [0, 0.1) is 19.7 Å². The first-order valence-electron chi connectivity index (χ1n) is 6.51. The van der Waals surface area contributed by atoms with Gasteiger partial charge in [-0.1, -0.05) is 12.1 Å². The lowest BCUT2D eigenvalue weighted by Crippen LogP contribution is -1.99. The first-order valence-corrected chi connectivity index (χ1v) is 6.51. The molecule has 106 valence electrons. The van der Waals surface area contributed by atoms with Crippen molar-refractivity contribution < 1.29 is 9.13 Å². The topological polar surface area (TPSA) is 61.0 Å². The molecule has 3 rings (SSSR count). The Morgan fingerprint density at radius 2 is 1.71 bits per heavy atom. The number of ether oxygens (including phenoxy) is 1. The Morgan fingerprint density at radius 3 is 2.43 bits per heavy atom. The van der Waals surface area contributed by atoms with Crippen molar-refractivity contribution in [3.8, 4) is 11.6 Å². The Kier molecular flexibility index (Phi) is 3.17. The van der Waals surface area contributed by atoms with Crippen molar-refractivity contribution in [1.82, 2.24) is 9.97 Å². The Balaban J connectivity index is 2.05. The van der Waals surface area contributed by atoms with Gasteiger partial charge in [-0.2, -0.15) is 0 Å². The first kappa shape index (κ1) is 13.3. The molecule has 0 saturated carbocycles. The number of hydrogen-bond acceptors (Lipinski definition) is 4. The molecule has 2 aromatic carbocycles. The molecular formula is C16H14FN3O. The lowest BCUT2D eigenvalue weighted by molar-refractivity contribution is 0.423. The minimum absolute atomic E-state index is 0.0920. The molecule has 0 amide bonds. The summed E-state index contributed by atoms with van der Waals surface area (Å²) in [5, 5.41) is 0. The van der Waals surface area contributed by atoms with Crippen LogP contribution < -0.4 is 10.5 Å². The minimum Gasteiger partial charge on any atom is -0.434 e. The molecule has 0 atom stereocenters. The zero-order chi connectivity index (χ0) is 15.0. The molecule has 1 aromatic heterocycles. The van der Waals surface area contributed by atoms with Crippen LogP contribution in [0.2, 0.25) is 0 Å². The molecule has 0 aliphatic rings. The Hall–Kier alpha value is -2.69. The summed E-state index contributed by atoms with van der Waals surface area (Å²) in [6, 6.07) is 10.3. The Labute approximate surface area is 121 Å². The molecule has 0 bridgehead atoms. The van der Waals surface area contributed by atoms with Crippen molar-refractivity contribution in [3.63, 3.8) is 0 Å². The van der Waals surface area contributed by atoms with Gasteiger partial charge in [0.25, 0.3) is 0 Å². The lowest BCUT2D eigenvalue weighted by Gasteiger charge is -2.10. The third kappa shape index (κ3) is 2.50. The van der Waals surface area contributed by atoms with E-state index in [1.165, 1.54) is 6.07 Å². The molecule has 1 heterocycles. The number of nitrogens with zero attached hydrogens (tertiary/aromatic N) is 2. The van der Waals surface area contributed by atoms with Gasteiger partial charge < -0.3 is 10.5 Å². The summed E-state index contributed by atoms with van der Waals surface area (Å²) >= 11 is 0. The van der Waals surface area contributed by atoms with Crippen molar-refractivity contribution in [2.75, 3.05) is 5.73 Å². The van der Waals surface area contributed by atoms with Crippen LogP contribution in [-0.2, 0) is 0 Å². The van der Waals surface area contributed by atoms with Gasteiger partial charge in [0.05, 0.1) is 11.0 Å². The van der Waals surface area contributed by atoms with E-state index in [9.17, 15) is 4.39 Å². The standard InChI is InChI=1S/C16H14FN3O/c1-9-7-15(11(17)8-12(9)18)21-16-10(2)19-13-5-3-4-6-14(13)20-16/h3-8H,18H2,1-2H3. The average molecular weight is 283 g/mol. The Morgan fingerprint density at radius 1 is 1.05 bits per heavy atom. The van der Waals surface area contributed by atoms with Crippen molar-refractivity contribution >= 4 is 16.7 Å². The molecule has 0 aliphatic heterocycles. The van der Waals surface area contributed by atoms with Gasteiger partial charge in [0, 0.05) is 11.8 Å². The highest BCUT2D eigenvalue weighted by Gasteiger charge is 2.12. The van der Waals surface area contributed by atoms with E-state index >= 15 is 0 Å². The van der Waals surface area contributed by atoms with E-state index in [-0.39, 0.29) is 11.6 Å². The first-order chi connectivity index (χ1) is 10.0.